The summed E-state index contributed by atoms with van der Waals surface area (Å²) in [7, 11) is 1.88. The number of esters is 1. The Morgan fingerprint density at radius 1 is 1.29 bits per heavy atom. The summed E-state index contributed by atoms with van der Waals surface area (Å²) < 4.78 is 7.00. The van der Waals surface area contributed by atoms with Crippen LogP contribution in [0, 0.1) is 0 Å². The summed E-state index contributed by atoms with van der Waals surface area (Å²) in [6, 6.07) is 6.69. The summed E-state index contributed by atoms with van der Waals surface area (Å²) in [4.78, 5) is 27.9. The first kappa shape index (κ1) is 18.1. The molecule has 0 aliphatic rings. The number of aryl methyl sites for hydroxylation is 1. The molecule has 128 valence electrons. The van der Waals surface area contributed by atoms with Gasteiger partial charge in [-0.3, -0.25) is 4.79 Å². The van der Waals surface area contributed by atoms with E-state index in [1.165, 1.54) is 11.8 Å². The van der Waals surface area contributed by atoms with E-state index in [1.807, 2.05) is 24.7 Å². The number of unbranched alkanes of at least 4 members (excludes halogenated alkanes) is 1. The van der Waals surface area contributed by atoms with Crippen LogP contribution in [-0.4, -0.2) is 33.8 Å². The van der Waals surface area contributed by atoms with Crippen LogP contribution < -0.4 is 5.32 Å². The third-order valence-electron chi connectivity index (χ3n) is 3.24. The minimum Gasteiger partial charge on any atom is -0.462 e. The summed E-state index contributed by atoms with van der Waals surface area (Å²) >= 11 is 1.37. The fourth-order valence-corrected chi connectivity index (χ4v) is 2.63. The van der Waals surface area contributed by atoms with Crippen molar-refractivity contribution in [2.45, 2.75) is 24.9 Å². The number of anilines is 1. The van der Waals surface area contributed by atoms with Crippen molar-refractivity contribution in [3.8, 4) is 0 Å². The number of carbonyl (C=O) groups excluding carboxylic acids is 2. The van der Waals surface area contributed by atoms with Gasteiger partial charge in [-0.25, -0.2) is 9.78 Å². The number of benzene rings is 1. The Balaban J connectivity index is 1.81. The molecule has 0 unspecified atom stereocenters. The van der Waals surface area contributed by atoms with Crippen LogP contribution in [0.3, 0.4) is 0 Å². The topological polar surface area (TPSA) is 73.2 Å². The van der Waals surface area contributed by atoms with Gasteiger partial charge >= 0.3 is 5.97 Å². The van der Waals surface area contributed by atoms with Crippen LogP contribution in [0.15, 0.2) is 41.8 Å². The van der Waals surface area contributed by atoms with E-state index >= 15 is 0 Å². The van der Waals surface area contributed by atoms with E-state index in [2.05, 4.69) is 10.3 Å². The number of rotatable bonds is 8. The molecule has 1 heterocycles. The SMILES string of the molecule is CCCCOC(=O)c1ccc(NC(=O)CSc2nccn2C)cc1. The highest BCUT2D eigenvalue weighted by atomic mass is 32.2. The number of imidazole rings is 1. The van der Waals surface area contributed by atoms with Crippen molar-refractivity contribution in [2.75, 3.05) is 17.7 Å². The zero-order chi connectivity index (χ0) is 17.4. The number of amides is 1. The van der Waals surface area contributed by atoms with E-state index in [0.717, 1.165) is 18.0 Å². The lowest BCUT2D eigenvalue weighted by molar-refractivity contribution is -0.113. The molecular formula is C17H21N3O3S. The van der Waals surface area contributed by atoms with Gasteiger partial charge in [0.1, 0.15) is 0 Å². The highest BCUT2D eigenvalue weighted by Gasteiger charge is 2.09. The van der Waals surface area contributed by atoms with Crippen LogP contribution >= 0.6 is 11.8 Å². The van der Waals surface area contributed by atoms with E-state index in [9.17, 15) is 9.59 Å². The average molecular weight is 347 g/mol. The van der Waals surface area contributed by atoms with Crippen molar-refractivity contribution in [3.05, 3.63) is 42.2 Å². The largest absolute Gasteiger partial charge is 0.462 e. The Morgan fingerprint density at radius 2 is 2.04 bits per heavy atom. The van der Waals surface area contributed by atoms with Crippen LogP contribution in [0.4, 0.5) is 5.69 Å². The molecule has 1 aromatic heterocycles. The number of aromatic nitrogens is 2. The zero-order valence-corrected chi connectivity index (χ0v) is 14.6. The third kappa shape index (κ3) is 5.42. The maximum Gasteiger partial charge on any atom is 0.338 e. The Hall–Kier alpha value is -2.28. The molecule has 0 spiro atoms. The van der Waals surface area contributed by atoms with E-state index in [4.69, 9.17) is 4.74 Å². The first-order valence-corrected chi connectivity index (χ1v) is 8.76. The maximum atomic E-state index is 12.0. The number of hydrogen-bond donors (Lipinski definition) is 1. The summed E-state index contributed by atoms with van der Waals surface area (Å²) in [5.74, 6) is -0.195. The Bertz CT molecular complexity index is 683. The molecule has 0 aliphatic heterocycles. The van der Waals surface area contributed by atoms with E-state index in [0.29, 0.717) is 17.9 Å². The number of ether oxygens (including phenoxy) is 1. The lowest BCUT2D eigenvalue weighted by Crippen LogP contribution is -2.14. The van der Waals surface area contributed by atoms with Gasteiger partial charge in [-0.05, 0) is 30.7 Å². The van der Waals surface area contributed by atoms with E-state index in [1.54, 1.807) is 30.5 Å². The first-order valence-electron chi connectivity index (χ1n) is 7.77. The van der Waals surface area contributed by atoms with Gasteiger partial charge in [0.05, 0.1) is 17.9 Å². The van der Waals surface area contributed by atoms with Crippen LogP contribution in [-0.2, 0) is 16.6 Å². The second-order valence-corrected chi connectivity index (χ2v) is 6.17. The minimum absolute atomic E-state index is 0.124. The fourth-order valence-electron chi connectivity index (χ4n) is 1.90. The molecule has 1 amide bonds. The number of carbonyl (C=O) groups is 2. The second kappa shape index (κ2) is 9.12. The lowest BCUT2D eigenvalue weighted by atomic mass is 10.2. The fraction of sp³-hybridized carbons (Fsp3) is 0.353. The van der Waals surface area contributed by atoms with Crippen molar-refractivity contribution in [1.82, 2.24) is 9.55 Å². The Morgan fingerprint density at radius 3 is 2.67 bits per heavy atom. The van der Waals surface area contributed by atoms with Crippen molar-refractivity contribution in [2.24, 2.45) is 7.05 Å². The quantitative estimate of drug-likeness (QED) is 0.451. The molecular weight excluding hydrogens is 326 g/mol. The van der Waals surface area contributed by atoms with Gasteiger partial charge in [0.2, 0.25) is 5.91 Å². The van der Waals surface area contributed by atoms with Gasteiger partial charge in [0.25, 0.3) is 0 Å². The minimum atomic E-state index is -0.341. The summed E-state index contributed by atoms with van der Waals surface area (Å²) in [5.41, 5.74) is 1.12. The normalized spacial score (nSPS) is 10.4. The second-order valence-electron chi connectivity index (χ2n) is 5.22. The molecule has 1 aromatic carbocycles. The molecule has 1 N–H and O–H groups in total. The van der Waals surface area contributed by atoms with Gasteiger partial charge in [0, 0.05) is 25.1 Å². The Kier molecular flexibility index (Phi) is 6.87. The van der Waals surface area contributed by atoms with Gasteiger partial charge in [-0.1, -0.05) is 25.1 Å². The predicted octanol–water partition coefficient (Wildman–Crippen LogP) is 3.11. The van der Waals surface area contributed by atoms with Gasteiger partial charge < -0.3 is 14.6 Å². The van der Waals surface area contributed by atoms with Crippen LogP contribution in [0.1, 0.15) is 30.1 Å². The molecule has 24 heavy (non-hydrogen) atoms. The molecule has 2 rings (SSSR count). The van der Waals surface area contributed by atoms with Gasteiger partial charge in [-0.15, -0.1) is 0 Å². The maximum absolute atomic E-state index is 12.0. The molecule has 0 aliphatic carbocycles. The first-order chi connectivity index (χ1) is 11.6. The predicted molar refractivity (Wildman–Crippen MR) is 94.2 cm³/mol. The highest BCUT2D eigenvalue weighted by molar-refractivity contribution is 7.99. The summed E-state index contributed by atoms with van der Waals surface area (Å²) in [6.45, 7) is 2.47. The highest BCUT2D eigenvalue weighted by Crippen LogP contribution is 2.16. The van der Waals surface area contributed by atoms with E-state index in [-0.39, 0.29) is 17.6 Å². The molecule has 7 heteroatoms. The Labute approximate surface area is 145 Å². The zero-order valence-electron chi connectivity index (χ0n) is 13.8. The molecule has 2 aromatic rings. The third-order valence-corrected chi connectivity index (χ3v) is 4.30. The van der Waals surface area contributed by atoms with Crippen molar-refractivity contribution in [1.29, 1.82) is 0 Å². The summed E-state index contributed by atoms with van der Waals surface area (Å²) in [6.07, 6.45) is 5.36. The molecule has 0 atom stereocenters. The standard InChI is InChI=1S/C17H21N3O3S/c1-3-4-11-23-16(22)13-5-7-14(8-6-13)19-15(21)12-24-17-18-9-10-20(17)2/h5-10H,3-4,11-12H2,1-2H3,(H,19,21). The average Bonchev–Trinajstić information content (AvgIpc) is 2.99. The van der Waals surface area contributed by atoms with Gasteiger partial charge in [-0.2, -0.15) is 0 Å². The smallest absolute Gasteiger partial charge is 0.338 e. The summed E-state index contributed by atoms with van der Waals surface area (Å²) in [5, 5.41) is 3.58. The van der Waals surface area contributed by atoms with Crippen LogP contribution in [0.2, 0.25) is 0 Å². The molecule has 6 nitrogen and oxygen atoms in total. The van der Waals surface area contributed by atoms with E-state index < -0.39 is 0 Å². The molecule has 0 saturated heterocycles. The van der Waals surface area contributed by atoms with Crippen LogP contribution in [0.5, 0.6) is 0 Å². The molecule has 0 bridgehead atoms. The van der Waals surface area contributed by atoms with Crippen molar-refractivity contribution >= 4 is 29.3 Å². The van der Waals surface area contributed by atoms with Crippen molar-refractivity contribution in [3.63, 3.8) is 0 Å². The lowest BCUT2D eigenvalue weighted by Gasteiger charge is -2.07. The van der Waals surface area contributed by atoms with Crippen LogP contribution in [0.25, 0.3) is 0 Å². The molecule has 0 radical (unpaired) electrons. The number of nitrogens with zero attached hydrogens (tertiary/aromatic N) is 2. The van der Waals surface area contributed by atoms with Gasteiger partial charge in [0.15, 0.2) is 5.16 Å². The monoisotopic (exact) mass is 347 g/mol. The van der Waals surface area contributed by atoms with Crippen molar-refractivity contribution < 1.29 is 14.3 Å². The number of hydrogen-bond acceptors (Lipinski definition) is 5. The number of nitrogens with one attached hydrogen (secondary N) is 1. The molecule has 0 fully saturated rings. The number of thioether (sulfide) groups is 1. The molecule has 0 saturated carbocycles.